The minimum absolute atomic E-state index is 0.111. The van der Waals surface area contributed by atoms with Gasteiger partial charge >= 0.3 is 0 Å². The Morgan fingerprint density at radius 1 is 1.33 bits per heavy atom. The molecule has 0 radical (unpaired) electrons. The fourth-order valence-corrected chi connectivity index (χ4v) is 1.63. The number of aliphatic hydroxyl groups is 1. The fourth-order valence-electron chi connectivity index (χ4n) is 1.63. The van der Waals surface area contributed by atoms with Gasteiger partial charge in [-0.15, -0.1) is 0 Å². The lowest BCUT2D eigenvalue weighted by Gasteiger charge is -2.31. The van der Waals surface area contributed by atoms with E-state index >= 15 is 0 Å². The highest BCUT2D eigenvalue weighted by Crippen LogP contribution is 2.15. The third-order valence-electron chi connectivity index (χ3n) is 2.18. The monoisotopic (exact) mass is 171 g/mol. The zero-order valence-electron chi connectivity index (χ0n) is 8.67. The van der Waals surface area contributed by atoms with Crippen molar-refractivity contribution in [3.63, 3.8) is 0 Å². The van der Waals surface area contributed by atoms with E-state index in [1.54, 1.807) is 0 Å². The summed E-state index contributed by atoms with van der Waals surface area (Å²) in [6, 6.07) is 0.111. The van der Waals surface area contributed by atoms with E-state index in [0.717, 1.165) is 13.1 Å². The highest BCUT2D eigenvalue weighted by molar-refractivity contribution is 4.97. The van der Waals surface area contributed by atoms with Crippen LogP contribution < -0.4 is 0 Å². The molecular formula is C10H21NO. The summed E-state index contributed by atoms with van der Waals surface area (Å²) in [6.07, 6.45) is 0. The van der Waals surface area contributed by atoms with E-state index < -0.39 is 0 Å². The van der Waals surface area contributed by atoms with Gasteiger partial charge in [0.1, 0.15) is 5.76 Å². The van der Waals surface area contributed by atoms with Crippen LogP contribution in [0.3, 0.4) is 0 Å². The molecule has 1 N–H and O–H groups in total. The molecule has 0 rings (SSSR count). The fraction of sp³-hybridized carbons (Fsp3) is 0.800. The molecule has 0 aromatic heterocycles. The van der Waals surface area contributed by atoms with Crippen LogP contribution in [0.5, 0.6) is 0 Å². The molecule has 0 aliphatic rings. The van der Waals surface area contributed by atoms with E-state index in [2.05, 4.69) is 39.2 Å². The summed E-state index contributed by atoms with van der Waals surface area (Å²) in [7, 11) is 0. The zero-order valence-corrected chi connectivity index (χ0v) is 8.67. The van der Waals surface area contributed by atoms with Crippen LogP contribution in [0, 0.1) is 5.92 Å². The van der Waals surface area contributed by atoms with E-state index in [1.165, 1.54) is 0 Å². The summed E-state index contributed by atoms with van der Waals surface area (Å²) in [6.45, 7) is 13.9. The summed E-state index contributed by atoms with van der Waals surface area (Å²) in [4.78, 5) is 2.22. The molecule has 0 aromatic rings. The summed E-state index contributed by atoms with van der Waals surface area (Å²) in [5.74, 6) is 0.705. The second-order valence-electron chi connectivity index (χ2n) is 3.40. The van der Waals surface area contributed by atoms with Crippen LogP contribution in [-0.4, -0.2) is 29.1 Å². The molecule has 0 bridgehead atoms. The van der Waals surface area contributed by atoms with Gasteiger partial charge in [0.25, 0.3) is 0 Å². The van der Waals surface area contributed by atoms with E-state index in [1.807, 2.05) is 0 Å². The zero-order chi connectivity index (χ0) is 9.72. The standard InChI is InChI=1S/C10H21NO/c1-6-11(7-2)10(8(3)4)9(5)12/h8,10,12H,5-7H2,1-4H3/t10-/m1/s1. The first-order valence-electron chi connectivity index (χ1n) is 4.66. The second-order valence-corrected chi connectivity index (χ2v) is 3.40. The summed E-state index contributed by atoms with van der Waals surface area (Å²) >= 11 is 0. The minimum Gasteiger partial charge on any atom is -0.511 e. The van der Waals surface area contributed by atoms with Crippen molar-refractivity contribution < 1.29 is 5.11 Å². The molecule has 0 saturated carbocycles. The van der Waals surface area contributed by atoms with Gasteiger partial charge in [-0.05, 0) is 19.0 Å². The van der Waals surface area contributed by atoms with Gasteiger partial charge in [0.15, 0.2) is 0 Å². The van der Waals surface area contributed by atoms with Crippen LogP contribution in [0.2, 0.25) is 0 Å². The maximum absolute atomic E-state index is 9.38. The predicted octanol–water partition coefficient (Wildman–Crippen LogP) is 2.42. The van der Waals surface area contributed by atoms with E-state index in [4.69, 9.17) is 0 Å². The van der Waals surface area contributed by atoms with Gasteiger partial charge in [0, 0.05) is 0 Å². The molecule has 12 heavy (non-hydrogen) atoms. The number of hydrogen-bond acceptors (Lipinski definition) is 2. The first-order valence-corrected chi connectivity index (χ1v) is 4.66. The van der Waals surface area contributed by atoms with Gasteiger partial charge in [0.05, 0.1) is 6.04 Å². The van der Waals surface area contributed by atoms with Gasteiger partial charge < -0.3 is 5.11 Å². The summed E-state index contributed by atoms with van der Waals surface area (Å²) in [5, 5.41) is 9.38. The quantitative estimate of drug-likeness (QED) is 0.642. The molecule has 0 heterocycles. The number of nitrogens with zero attached hydrogens (tertiary/aromatic N) is 1. The van der Waals surface area contributed by atoms with Gasteiger partial charge in [-0.3, -0.25) is 4.90 Å². The molecule has 2 nitrogen and oxygen atoms in total. The topological polar surface area (TPSA) is 23.5 Å². The molecule has 0 saturated heterocycles. The van der Waals surface area contributed by atoms with E-state index in [-0.39, 0.29) is 11.8 Å². The molecule has 0 aliphatic heterocycles. The Bertz CT molecular complexity index is 139. The van der Waals surface area contributed by atoms with Gasteiger partial charge in [-0.25, -0.2) is 0 Å². The van der Waals surface area contributed by atoms with Crippen molar-refractivity contribution in [1.29, 1.82) is 0 Å². The lowest BCUT2D eigenvalue weighted by Crippen LogP contribution is -2.39. The van der Waals surface area contributed by atoms with Crippen molar-refractivity contribution >= 4 is 0 Å². The maximum Gasteiger partial charge on any atom is 0.102 e. The second kappa shape index (κ2) is 5.20. The maximum atomic E-state index is 9.38. The minimum atomic E-state index is 0.111. The molecule has 0 aliphatic carbocycles. The third-order valence-corrected chi connectivity index (χ3v) is 2.18. The molecule has 0 fully saturated rings. The Hall–Kier alpha value is -0.500. The predicted molar refractivity (Wildman–Crippen MR) is 53.3 cm³/mol. The Morgan fingerprint density at radius 2 is 1.75 bits per heavy atom. The molecule has 0 unspecified atom stereocenters. The Morgan fingerprint density at radius 3 is 1.83 bits per heavy atom. The van der Waals surface area contributed by atoms with Crippen molar-refractivity contribution in [1.82, 2.24) is 4.90 Å². The molecule has 0 amide bonds. The van der Waals surface area contributed by atoms with Crippen molar-refractivity contribution in [2.75, 3.05) is 13.1 Å². The Balaban J connectivity index is 4.36. The number of likely N-dealkylation sites (N-methyl/N-ethyl adjacent to an activating group) is 1. The summed E-state index contributed by atoms with van der Waals surface area (Å²) in [5.41, 5.74) is 0. The van der Waals surface area contributed by atoms with Crippen LogP contribution in [0.25, 0.3) is 0 Å². The Kier molecular flexibility index (Phi) is 4.98. The van der Waals surface area contributed by atoms with E-state index in [0.29, 0.717) is 5.92 Å². The lowest BCUT2D eigenvalue weighted by molar-refractivity contribution is 0.153. The molecule has 2 heteroatoms. The van der Waals surface area contributed by atoms with Crippen molar-refractivity contribution in [3.05, 3.63) is 12.3 Å². The highest BCUT2D eigenvalue weighted by Gasteiger charge is 2.21. The molecule has 1 atom stereocenters. The highest BCUT2D eigenvalue weighted by atomic mass is 16.3. The third kappa shape index (κ3) is 2.86. The molecule has 72 valence electrons. The van der Waals surface area contributed by atoms with Gasteiger partial charge in [0.2, 0.25) is 0 Å². The largest absolute Gasteiger partial charge is 0.511 e. The van der Waals surface area contributed by atoms with Crippen molar-refractivity contribution in [2.45, 2.75) is 33.7 Å². The molecular weight excluding hydrogens is 150 g/mol. The van der Waals surface area contributed by atoms with Crippen LogP contribution in [-0.2, 0) is 0 Å². The van der Waals surface area contributed by atoms with Crippen molar-refractivity contribution in [2.24, 2.45) is 5.92 Å². The first-order chi connectivity index (χ1) is 5.54. The van der Waals surface area contributed by atoms with Crippen LogP contribution in [0.4, 0.5) is 0 Å². The molecule has 0 aromatic carbocycles. The number of hydrogen-bond donors (Lipinski definition) is 1. The van der Waals surface area contributed by atoms with Crippen LogP contribution in [0.15, 0.2) is 12.3 Å². The Labute approximate surface area is 75.9 Å². The van der Waals surface area contributed by atoms with Crippen molar-refractivity contribution in [3.8, 4) is 0 Å². The van der Waals surface area contributed by atoms with Crippen LogP contribution in [0.1, 0.15) is 27.7 Å². The number of aliphatic hydroxyl groups excluding tert-OH is 1. The number of rotatable bonds is 5. The van der Waals surface area contributed by atoms with Gasteiger partial charge in [-0.2, -0.15) is 0 Å². The smallest absolute Gasteiger partial charge is 0.102 e. The SMILES string of the molecule is C=C(O)[C@@H](C(C)C)N(CC)CC. The average Bonchev–Trinajstić information content (AvgIpc) is 1.98. The summed E-state index contributed by atoms with van der Waals surface area (Å²) < 4.78 is 0. The van der Waals surface area contributed by atoms with Gasteiger partial charge in [-0.1, -0.05) is 34.3 Å². The lowest BCUT2D eigenvalue weighted by atomic mass is 10.0. The van der Waals surface area contributed by atoms with E-state index in [9.17, 15) is 5.11 Å². The van der Waals surface area contributed by atoms with Crippen LogP contribution >= 0.6 is 0 Å². The average molecular weight is 171 g/mol. The first kappa shape index (κ1) is 11.5. The molecule has 0 spiro atoms. The normalized spacial score (nSPS) is 13.8.